The average Bonchev–Trinajstić information content (AvgIpc) is 3.19. The number of hydrogen-bond acceptors (Lipinski definition) is 11. The molecule has 12 heteroatoms. The number of thioether (sulfide) groups is 1. The molecular weight excluding hydrogens is 542 g/mol. The quantitative estimate of drug-likeness (QED) is 0.282. The van der Waals surface area contributed by atoms with Gasteiger partial charge in [0.1, 0.15) is 24.4 Å². The van der Waals surface area contributed by atoms with Crippen LogP contribution in [0.4, 0.5) is 0 Å². The fourth-order valence-electron chi connectivity index (χ4n) is 5.25. The lowest BCUT2D eigenvalue weighted by Gasteiger charge is -2.39. The van der Waals surface area contributed by atoms with Crippen molar-refractivity contribution in [2.24, 2.45) is 0 Å². The van der Waals surface area contributed by atoms with E-state index in [4.69, 9.17) is 18.9 Å². The number of nitrogens with one attached hydrogen (secondary N) is 1. The molecule has 218 valence electrons. The molecule has 4 rings (SSSR count). The topological polar surface area (TPSA) is 164 Å². The molecule has 0 bridgehead atoms. The maximum atomic E-state index is 13.0. The highest BCUT2D eigenvalue weighted by Crippen LogP contribution is 2.51. The Morgan fingerprint density at radius 3 is 2.45 bits per heavy atom. The Morgan fingerprint density at radius 2 is 1.82 bits per heavy atom. The molecule has 40 heavy (non-hydrogen) atoms. The van der Waals surface area contributed by atoms with Gasteiger partial charge in [-0.3, -0.25) is 9.59 Å². The van der Waals surface area contributed by atoms with Gasteiger partial charge in [-0.2, -0.15) is 0 Å². The summed E-state index contributed by atoms with van der Waals surface area (Å²) in [4.78, 5) is 25.4. The van der Waals surface area contributed by atoms with Crippen LogP contribution in [0.1, 0.15) is 30.4 Å². The van der Waals surface area contributed by atoms with Crippen molar-refractivity contribution in [3.63, 3.8) is 0 Å². The van der Waals surface area contributed by atoms with Crippen LogP contribution in [-0.2, 0) is 16.0 Å². The molecule has 11 nitrogen and oxygen atoms in total. The second kappa shape index (κ2) is 12.8. The third-order valence-electron chi connectivity index (χ3n) is 7.31. The van der Waals surface area contributed by atoms with Gasteiger partial charge < -0.3 is 44.7 Å². The van der Waals surface area contributed by atoms with Gasteiger partial charge in [0.2, 0.25) is 17.9 Å². The van der Waals surface area contributed by atoms with Gasteiger partial charge in [0.15, 0.2) is 16.9 Å². The summed E-state index contributed by atoms with van der Waals surface area (Å²) >= 11 is 1.34. The molecule has 1 aliphatic heterocycles. The van der Waals surface area contributed by atoms with Gasteiger partial charge in [0, 0.05) is 24.9 Å². The molecule has 0 unspecified atom stereocenters. The van der Waals surface area contributed by atoms with E-state index in [1.165, 1.54) is 32.9 Å². The highest BCUT2D eigenvalue weighted by molar-refractivity contribution is 7.98. The third-order valence-corrected chi connectivity index (χ3v) is 8.09. The number of benzene rings is 1. The highest BCUT2D eigenvalue weighted by Gasteiger charge is 2.45. The van der Waals surface area contributed by atoms with Crippen LogP contribution in [0, 0.1) is 0 Å². The first kappa shape index (κ1) is 30.1. The molecule has 1 saturated heterocycles. The van der Waals surface area contributed by atoms with Gasteiger partial charge >= 0.3 is 0 Å². The number of carbonyl (C=O) groups is 1. The average molecular weight is 578 g/mol. The molecule has 5 N–H and O–H groups in total. The lowest BCUT2D eigenvalue weighted by Crippen LogP contribution is -2.60. The standard InChI is InChI=1S/C28H35NO10S/c1-13(31)29-11-15-6-5-14-9-19(38-28-25(35)24(34)23(33)20(12-30)39-28)26(36-2)27(37-3)22(14)16-7-8-21(40-4)18(32)10-17(15)16/h7-10,15,20,23-25,28,30,33-35H,5-6,11-12H2,1-4H3,(H,29,31)/t15-,20-,23-,24+,25+,28-/m1/s1. The Labute approximate surface area is 236 Å². The van der Waals surface area contributed by atoms with Crippen molar-refractivity contribution >= 4 is 17.7 Å². The lowest BCUT2D eigenvalue weighted by molar-refractivity contribution is -0.277. The first-order chi connectivity index (χ1) is 19.1. The summed E-state index contributed by atoms with van der Waals surface area (Å²) in [6, 6.07) is 6.98. The van der Waals surface area contributed by atoms with Gasteiger partial charge in [-0.05, 0) is 54.0 Å². The van der Waals surface area contributed by atoms with Crippen molar-refractivity contribution in [1.29, 1.82) is 0 Å². The first-order valence-corrected chi connectivity index (χ1v) is 14.1. The summed E-state index contributed by atoms with van der Waals surface area (Å²) in [7, 11) is 2.90. The Bertz CT molecular complexity index is 1300. The number of aryl methyl sites for hydroxylation is 1. The second-order valence-corrected chi connectivity index (χ2v) is 10.6. The second-order valence-electron chi connectivity index (χ2n) is 9.74. The van der Waals surface area contributed by atoms with Gasteiger partial charge in [-0.1, -0.05) is 6.07 Å². The molecule has 1 amide bonds. The molecule has 2 aromatic carbocycles. The molecular formula is C28H35NO10S. The van der Waals surface area contributed by atoms with Crippen molar-refractivity contribution in [2.75, 3.05) is 33.6 Å². The zero-order valence-electron chi connectivity index (χ0n) is 22.7. The zero-order valence-corrected chi connectivity index (χ0v) is 23.6. The Balaban J connectivity index is 1.87. The van der Waals surface area contributed by atoms with Crippen LogP contribution in [0.2, 0.25) is 0 Å². The van der Waals surface area contributed by atoms with Crippen molar-refractivity contribution in [3.05, 3.63) is 45.6 Å². The number of ether oxygens (including phenoxy) is 4. The molecule has 0 aromatic heterocycles. The van der Waals surface area contributed by atoms with Crippen LogP contribution in [-0.4, -0.2) is 90.7 Å². The van der Waals surface area contributed by atoms with E-state index >= 15 is 0 Å². The molecule has 0 spiro atoms. The normalized spacial score (nSPS) is 25.7. The molecule has 1 aliphatic carbocycles. The third kappa shape index (κ3) is 5.78. The zero-order chi connectivity index (χ0) is 29.1. The van der Waals surface area contributed by atoms with Crippen molar-refractivity contribution in [1.82, 2.24) is 5.32 Å². The van der Waals surface area contributed by atoms with E-state index in [-0.39, 0.29) is 28.8 Å². The summed E-state index contributed by atoms with van der Waals surface area (Å²) < 4.78 is 23.1. The summed E-state index contributed by atoms with van der Waals surface area (Å²) in [5.41, 5.74) is 2.88. The number of methoxy groups -OCH3 is 2. The fraction of sp³-hybridized carbons (Fsp3) is 0.500. The predicted octanol–water partition coefficient (Wildman–Crippen LogP) is 0.797. The molecule has 1 fully saturated rings. The smallest absolute Gasteiger partial charge is 0.229 e. The van der Waals surface area contributed by atoms with E-state index in [0.717, 1.165) is 16.7 Å². The van der Waals surface area contributed by atoms with Crippen LogP contribution in [0.15, 0.2) is 34.0 Å². The maximum Gasteiger partial charge on any atom is 0.229 e. The summed E-state index contributed by atoms with van der Waals surface area (Å²) in [6.45, 7) is 1.18. The highest BCUT2D eigenvalue weighted by atomic mass is 32.2. The van der Waals surface area contributed by atoms with Crippen LogP contribution in [0.3, 0.4) is 0 Å². The lowest BCUT2D eigenvalue weighted by atomic mass is 9.92. The first-order valence-electron chi connectivity index (χ1n) is 12.9. The Kier molecular flexibility index (Phi) is 9.60. The van der Waals surface area contributed by atoms with Crippen LogP contribution >= 0.6 is 11.8 Å². The fourth-order valence-corrected chi connectivity index (χ4v) is 5.72. The molecule has 6 atom stereocenters. The van der Waals surface area contributed by atoms with E-state index in [1.54, 1.807) is 18.2 Å². The van der Waals surface area contributed by atoms with Gasteiger partial charge in [-0.15, -0.1) is 11.8 Å². The Hall–Kier alpha value is -2.87. The summed E-state index contributed by atoms with van der Waals surface area (Å²) in [6.07, 6.45) is -4.39. The van der Waals surface area contributed by atoms with E-state index in [0.29, 0.717) is 35.6 Å². The molecule has 0 saturated carbocycles. The van der Waals surface area contributed by atoms with Crippen LogP contribution in [0.5, 0.6) is 17.2 Å². The van der Waals surface area contributed by atoms with Crippen molar-refractivity contribution < 1.29 is 44.2 Å². The summed E-state index contributed by atoms with van der Waals surface area (Å²) in [5, 5.41) is 43.4. The van der Waals surface area contributed by atoms with E-state index in [2.05, 4.69) is 5.32 Å². The number of rotatable bonds is 8. The van der Waals surface area contributed by atoms with Gasteiger partial charge in [-0.25, -0.2) is 0 Å². The van der Waals surface area contributed by atoms with E-state index in [9.17, 15) is 30.0 Å². The Morgan fingerprint density at radius 1 is 1.10 bits per heavy atom. The minimum Gasteiger partial charge on any atom is -0.492 e. The largest absolute Gasteiger partial charge is 0.492 e. The number of fused-ring (bicyclic) bond motifs is 3. The minimum atomic E-state index is -1.62. The molecule has 1 heterocycles. The van der Waals surface area contributed by atoms with Gasteiger partial charge in [0.25, 0.3) is 0 Å². The minimum absolute atomic E-state index is 0.126. The number of aliphatic hydroxyl groups excluding tert-OH is 4. The molecule has 2 aromatic rings. The number of carbonyl (C=O) groups excluding carboxylic acids is 1. The number of aliphatic hydroxyl groups is 4. The predicted molar refractivity (Wildman–Crippen MR) is 147 cm³/mol. The van der Waals surface area contributed by atoms with Gasteiger partial charge in [0.05, 0.1) is 25.7 Å². The summed E-state index contributed by atoms with van der Waals surface area (Å²) in [5.74, 6) is 0.310. The monoisotopic (exact) mass is 577 g/mol. The maximum absolute atomic E-state index is 13.0. The van der Waals surface area contributed by atoms with Crippen molar-refractivity contribution in [2.45, 2.75) is 61.3 Å². The van der Waals surface area contributed by atoms with Crippen molar-refractivity contribution in [3.8, 4) is 28.4 Å². The van der Waals surface area contributed by atoms with E-state index in [1.807, 2.05) is 12.3 Å². The molecule has 2 aliphatic rings. The van der Waals surface area contributed by atoms with Crippen LogP contribution < -0.4 is 25.0 Å². The number of amides is 1. The van der Waals surface area contributed by atoms with E-state index < -0.39 is 37.3 Å². The SMILES string of the molecule is COc1c(O[C@@H]2O[C@H](CO)[C@@H](O)[C@H](O)[C@@H]2O)cc2c(c1OC)-c1ccc(SC)c(=O)cc1[C@@H](CNC(C)=O)CC2. The molecule has 0 radical (unpaired) electrons. The number of hydrogen-bond donors (Lipinski definition) is 5. The van der Waals surface area contributed by atoms with Crippen LogP contribution in [0.25, 0.3) is 11.1 Å².